The number of carboxylic acid groups (broad SMARTS) is 1. The molecule has 1 aliphatic heterocycles. The molecule has 2 unspecified atom stereocenters. The van der Waals surface area contributed by atoms with Gasteiger partial charge in [-0.1, -0.05) is 0 Å². The second kappa shape index (κ2) is 4.43. The molecule has 2 aliphatic rings. The van der Waals surface area contributed by atoms with Crippen molar-refractivity contribution in [3.05, 3.63) is 0 Å². The molecule has 4 nitrogen and oxygen atoms in total. The number of thioether (sulfide) groups is 1. The molecule has 1 aliphatic carbocycles. The monoisotopic (exact) mass is 229 g/mol. The van der Waals surface area contributed by atoms with Gasteiger partial charge in [0.15, 0.2) is 0 Å². The molecule has 0 aromatic heterocycles. The molecule has 1 amide bonds. The first kappa shape index (κ1) is 10.8. The van der Waals surface area contributed by atoms with Gasteiger partial charge >= 0.3 is 5.97 Å². The average molecular weight is 229 g/mol. The summed E-state index contributed by atoms with van der Waals surface area (Å²) in [7, 11) is 0. The van der Waals surface area contributed by atoms with Gasteiger partial charge in [0.05, 0.1) is 5.25 Å². The molecule has 5 heteroatoms. The SMILES string of the molecule is O=C(NC(C(=O)O)C1CC1)C1CCCS1. The molecule has 0 radical (unpaired) electrons. The lowest BCUT2D eigenvalue weighted by Crippen LogP contribution is -2.45. The lowest BCUT2D eigenvalue weighted by Gasteiger charge is -2.16. The largest absolute Gasteiger partial charge is 0.480 e. The lowest BCUT2D eigenvalue weighted by atomic mass is 10.1. The van der Waals surface area contributed by atoms with Crippen molar-refractivity contribution in [1.82, 2.24) is 5.32 Å². The first-order chi connectivity index (χ1) is 7.18. The number of rotatable bonds is 4. The van der Waals surface area contributed by atoms with Crippen molar-refractivity contribution in [2.75, 3.05) is 5.75 Å². The fourth-order valence-electron chi connectivity index (χ4n) is 1.84. The first-order valence-corrected chi connectivity index (χ1v) is 6.38. The van der Waals surface area contributed by atoms with E-state index >= 15 is 0 Å². The zero-order valence-electron chi connectivity index (χ0n) is 8.44. The predicted octanol–water partition coefficient (Wildman–Crippen LogP) is 0.861. The van der Waals surface area contributed by atoms with E-state index in [9.17, 15) is 9.59 Å². The van der Waals surface area contributed by atoms with E-state index in [0.717, 1.165) is 31.4 Å². The molecule has 84 valence electrons. The van der Waals surface area contributed by atoms with Gasteiger partial charge in [0.25, 0.3) is 0 Å². The van der Waals surface area contributed by atoms with Crippen molar-refractivity contribution in [1.29, 1.82) is 0 Å². The quantitative estimate of drug-likeness (QED) is 0.750. The number of carbonyl (C=O) groups excluding carboxylic acids is 1. The van der Waals surface area contributed by atoms with Crippen LogP contribution in [-0.2, 0) is 9.59 Å². The second-order valence-electron chi connectivity index (χ2n) is 4.16. The molecule has 2 N–H and O–H groups in total. The Morgan fingerprint density at radius 3 is 2.53 bits per heavy atom. The van der Waals surface area contributed by atoms with Gasteiger partial charge in [-0.05, 0) is 37.4 Å². The summed E-state index contributed by atoms with van der Waals surface area (Å²) in [5.74, 6) is 0.197. The number of amides is 1. The zero-order valence-corrected chi connectivity index (χ0v) is 9.26. The fourth-order valence-corrected chi connectivity index (χ4v) is 3.01. The summed E-state index contributed by atoms with van der Waals surface area (Å²) in [6.07, 6.45) is 3.79. The molecule has 2 fully saturated rings. The van der Waals surface area contributed by atoms with Gasteiger partial charge in [-0.25, -0.2) is 4.79 Å². The Bertz CT molecular complexity index is 272. The van der Waals surface area contributed by atoms with Gasteiger partial charge in [-0.3, -0.25) is 4.79 Å². The maximum atomic E-state index is 11.7. The fraction of sp³-hybridized carbons (Fsp3) is 0.800. The summed E-state index contributed by atoms with van der Waals surface area (Å²) in [5, 5.41) is 11.6. The smallest absolute Gasteiger partial charge is 0.326 e. The van der Waals surface area contributed by atoms with E-state index in [1.807, 2.05) is 0 Å². The predicted molar refractivity (Wildman–Crippen MR) is 57.8 cm³/mol. The van der Waals surface area contributed by atoms with Crippen LogP contribution in [0.15, 0.2) is 0 Å². The Hall–Kier alpha value is -0.710. The zero-order chi connectivity index (χ0) is 10.8. The highest BCUT2D eigenvalue weighted by molar-refractivity contribution is 8.00. The van der Waals surface area contributed by atoms with Crippen LogP contribution < -0.4 is 5.32 Å². The van der Waals surface area contributed by atoms with Gasteiger partial charge in [0.2, 0.25) is 5.91 Å². The Morgan fingerprint density at radius 1 is 1.33 bits per heavy atom. The van der Waals surface area contributed by atoms with Crippen molar-refractivity contribution >= 4 is 23.6 Å². The Kier molecular flexibility index (Phi) is 3.19. The van der Waals surface area contributed by atoms with E-state index in [4.69, 9.17) is 5.11 Å². The van der Waals surface area contributed by atoms with Crippen LogP contribution in [0.1, 0.15) is 25.7 Å². The summed E-state index contributed by atoms with van der Waals surface area (Å²) in [4.78, 5) is 22.6. The minimum atomic E-state index is -0.895. The summed E-state index contributed by atoms with van der Waals surface area (Å²) in [6.45, 7) is 0. The third-order valence-corrected chi connectivity index (χ3v) is 4.26. The molecule has 0 aromatic rings. The van der Waals surface area contributed by atoms with Crippen molar-refractivity contribution in [3.63, 3.8) is 0 Å². The normalized spacial score (nSPS) is 27.3. The highest BCUT2D eigenvalue weighted by Gasteiger charge is 2.38. The number of carboxylic acids is 1. The summed E-state index contributed by atoms with van der Waals surface area (Å²) < 4.78 is 0. The molecular weight excluding hydrogens is 214 g/mol. The topological polar surface area (TPSA) is 66.4 Å². The third-order valence-electron chi connectivity index (χ3n) is 2.88. The maximum Gasteiger partial charge on any atom is 0.326 e. The second-order valence-corrected chi connectivity index (χ2v) is 5.47. The summed E-state index contributed by atoms with van der Waals surface area (Å²) >= 11 is 1.63. The van der Waals surface area contributed by atoms with Crippen LogP contribution >= 0.6 is 11.8 Å². The molecule has 1 heterocycles. The van der Waals surface area contributed by atoms with Crippen molar-refractivity contribution in [2.45, 2.75) is 37.0 Å². The van der Waals surface area contributed by atoms with Gasteiger partial charge in [0, 0.05) is 0 Å². The van der Waals surface area contributed by atoms with Gasteiger partial charge in [-0.2, -0.15) is 0 Å². The van der Waals surface area contributed by atoms with Crippen molar-refractivity contribution in [3.8, 4) is 0 Å². The number of carbonyl (C=O) groups is 2. The first-order valence-electron chi connectivity index (χ1n) is 5.33. The molecule has 15 heavy (non-hydrogen) atoms. The molecule has 2 atom stereocenters. The van der Waals surface area contributed by atoms with Crippen molar-refractivity contribution < 1.29 is 14.7 Å². The maximum absolute atomic E-state index is 11.7. The van der Waals surface area contributed by atoms with E-state index in [1.54, 1.807) is 11.8 Å². The Balaban J connectivity index is 1.87. The molecule has 0 spiro atoms. The molecule has 1 saturated carbocycles. The van der Waals surface area contributed by atoms with E-state index in [0.29, 0.717) is 0 Å². The highest BCUT2D eigenvalue weighted by atomic mass is 32.2. The molecule has 0 aromatic carbocycles. The van der Waals surface area contributed by atoms with Gasteiger partial charge < -0.3 is 10.4 Å². The minimum Gasteiger partial charge on any atom is -0.480 e. The molecule has 2 rings (SSSR count). The van der Waals surface area contributed by atoms with Crippen LogP contribution in [0.4, 0.5) is 0 Å². The molecular formula is C10H15NO3S. The van der Waals surface area contributed by atoms with Gasteiger partial charge in [-0.15, -0.1) is 11.8 Å². The van der Waals surface area contributed by atoms with Crippen LogP contribution in [0, 0.1) is 5.92 Å². The van der Waals surface area contributed by atoms with Crippen LogP contribution in [-0.4, -0.2) is 34.0 Å². The van der Waals surface area contributed by atoms with Gasteiger partial charge in [0.1, 0.15) is 6.04 Å². The summed E-state index contributed by atoms with van der Waals surface area (Å²) in [5.41, 5.74) is 0. The number of hydrogen-bond donors (Lipinski definition) is 2. The van der Waals surface area contributed by atoms with Crippen molar-refractivity contribution in [2.24, 2.45) is 5.92 Å². The minimum absolute atomic E-state index is 0.0226. The van der Waals surface area contributed by atoms with Crippen LogP contribution in [0.25, 0.3) is 0 Å². The lowest BCUT2D eigenvalue weighted by molar-refractivity contribution is -0.142. The highest BCUT2D eigenvalue weighted by Crippen LogP contribution is 2.33. The van der Waals surface area contributed by atoms with E-state index in [-0.39, 0.29) is 17.1 Å². The number of hydrogen-bond acceptors (Lipinski definition) is 3. The van der Waals surface area contributed by atoms with E-state index < -0.39 is 12.0 Å². The van der Waals surface area contributed by atoms with E-state index in [1.165, 1.54) is 0 Å². The van der Waals surface area contributed by atoms with Crippen LogP contribution in [0.2, 0.25) is 0 Å². The number of aliphatic carboxylic acids is 1. The summed E-state index contributed by atoms with van der Waals surface area (Å²) in [6, 6.07) is -0.654. The Morgan fingerprint density at radius 2 is 2.07 bits per heavy atom. The van der Waals surface area contributed by atoms with Crippen LogP contribution in [0.3, 0.4) is 0 Å². The van der Waals surface area contributed by atoms with E-state index in [2.05, 4.69) is 5.32 Å². The average Bonchev–Trinajstić information content (AvgIpc) is 2.87. The van der Waals surface area contributed by atoms with Crippen LogP contribution in [0.5, 0.6) is 0 Å². The molecule has 1 saturated heterocycles. The number of nitrogens with one attached hydrogen (secondary N) is 1. The molecule has 0 bridgehead atoms. The Labute approximate surface area is 92.8 Å². The third kappa shape index (κ3) is 2.65. The standard InChI is InChI=1S/C10H15NO3S/c12-9(7-2-1-5-15-7)11-8(10(13)14)6-3-4-6/h6-8H,1-5H2,(H,11,12)(H,13,14).